The summed E-state index contributed by atoms with van der Waals surface area (Å²) in [5.74, 6) is 0.864. The van der Waals surface area contributed by atoms with Crippen molar-refractivity contribution in [2.75, 3.05) is 25.1 Å². The van der Waals surface area contributed by atoms with Gasteiger partial charge in [-0.15, -0.1) is 0 Å². The number of nitrogens with one attached hydrogen (secondary N) is 2. The lowest BCUT2D eigenvalue weighted by Crippen LogP contribution is -2.28. The Morgan fingerprint density at radius 1 is 1.17 bits per heavy atom. The fourth-order valence-electron chi connectivity index (χ4n) is 2.82. The van der Waals surface area contributed by atoms with Crippen LogP contribution in [-0.2, 0) is 11.2 Å². The summed E-state index contributed by atoms with van der Waals surface area (Å²) in [4.78, 5) is 11.4. The van der Waals surface area contributed by atoms with E-state index in [2.05, 4.69) is 10.6 Å². The molecule has 5 nitrogen and oxygen atoms in total. The Morgan fingerprint density at radius 3 is 2.79 bits per heavy atom. The Balaban J connectivity index is 1.49. The summed E-state index contributed by atoms with van der Waals surface area (Å²) in [5.41, 5.74) is 3.04. The number of carbonyl (C=O) groups is 1. The molecule has 5 heteroatoms. The van der Waals surface area contributed by atoms with E-state index in [0.717, 1.165) is 29.0 Å². The highest BCUT2D eigenvalue weighted by Gasteiger charge is 2.15. The molecular formula is C19H22N2O3. The summed E-state index contributed by atoms with van der Waals surface area (Å²) in [6.45, 7) is 1.19. The van der Waals surface area contributed by atoms with Gasteiger partial charge in [-0.25, -0.2) is 0 Å². The number of benzene rings is 2. The van der Waals surface area contributed by atoms with Gasteiger partial charge in [0.2, 0.25) is 5.91 Å². The number of carbonyl (C=O) groups excluding carboxylic acids is 1. The van der Waals surface area contributed by atoms with Crippen LogP contribution in [-0.4, -0.2) is 30.8 Å². The smallest absolute Gasteiger partial charge is 0.224 e. The molecule has 3 rings (SSSR count). The van der Waals surface area contributed by atoms with Crippen molar-refractivity contribution in [2.45, 2.75) is 18.9 Å². The maximum absolute atomic E-state index is 11.4. The molecule has 126 valence electrons. The molecule has 3 N–H and O–H groups in total. The Hall–Kier alpha value is -2.37. The minimum absolute atomic E-state index is 0.0442. The van der Waals surface area contributed by atoms with E-state index in [1.165, 1.54) is 0 Å². The number of anilines is 1. The van der Waals surface area contributed by atoms with Crippen molar-refractivity contribution in [1.82, 2.24) is 5.32 Å². The normalized spacial score (nSPS) is 14.6. The Kier molecular flexibility index (Phi) is 5.46. The molecule has 1 aliphatic heterocycles. The summed E-state index contributed by atoms with van der Waals surface area (Å²) in [6.07, 6.45) is 1.27. The van der Waals surface area contributed by atoms with Crippen LogP contribution in [0.4, 0.5) is 5.69 Å². The lowest BCUT2D eigenvalue weighted by molar-refractivity contribution is -0.116. The van der Waals surface area contributed by atoms with E-state index in [4.69, 9.17) is 4.74 Å². The molecule has 2 aromatic rings. The van der Waals surface area contributed by atoms with E-state index in [-0.39, 0.29) is 18.6 Å². The van der Waals surface area contributed by atoms with Gasteiger partial charge >= 0.3 is 0 Å². The number of hydrogen-bond acceptors (Lipinski definition) is 4. The molecular weight excluding hydrogens is 304 g/mol. The molecule has 0 aliphatic carbocycles. The minimum Gasteiger partial charge on any atom is -0.492 e. The van der Waals surface area contributed by atoms with Gasteiger partial charge in [0.1, 0.15) is 12.4 Å². The first-order valence-corrected chi connectivity index (χ1v) is 8.21. The van der Waals surface area contributed by atoms with E-state index in [1.54, 1.807) is 0 Å². The zero-order valence-electron chi connectivity index (χ0n) is 13.5. The third-order valence-electron chi connectivity index (χ3n) is 4.12. The second-order valence-electron chi connectivity index (χ2n) is 5.82. The average molecular weight is 326 g/mol. The SMILES string of the molecule is O=C1CCc2cc(OCCNC(CO)c3ccccc3)ccc2N1. The number of aryl methyl sites for hydroxylation is 1. The van der Waals surface area contributed by atoms with Crippen LogP contribution in [0, 0.1) is 0 Å². The Morgan fingerprint density at radius 2 is 2.00 bits per heavy atom. The molecule has 1 atom stereocenters. The maximum atomic E-state index is 11.4. The number of aliphatic hydroxyl groups is 1. The van der Waals surface area contributed by atoms with Crippen LogP contribution < -0.4 is 15.4 Å². The molecule has 1 heterocycles. The van der Waals surface area contributed by atoms with E-state index in [1.807, 2.05) is 48.5 Å². The number of ether oxygens (including phenoxy) is 1. The minimum atomic E-state index is -0.0893. The van der Waals surface area contributed by atoms with Crippen LogP contribution in [0.3, 0.4) is 0 Å². The van der Waals surface area contributed by atoms with Crippen molar-refractivity contribution in [2.24, 2.45) is 0 Å². The number of rotatable bonds is 7. The molecule has 1 unspecified atom stereocenters. The number of amides is 1. The summed E-state index contributed by atoms with van der Waals surface area (Å²) in [7, 11) is 0. The summed E-state index contributed by atoms with van der Waals surface area (Å²) in [5, 5.41) is 15.7. The van der Waals surface area contributed by atoms with Gasteiger partial charge in [0.25, 0.3) is 0 Å². The topological polar surface area (TPSA) is 70.6 Å². The van der Waals surface area contributed by atoms with Crippen molar-refractivity contribution >= 4 is 11.6 Å². The predicted octanol–water partition coefficient (Wildman–Crippen LogP) is 2.27. The van der Waals surface area contributed by atoms with Crippen molar-refractivity contribution in [3.63, 3.8) is 0 Å². The quantitative estimate of drug-likeness (QED) is 0.683. The highest BCUT2D eigenvalue weighted by molar-refractivity contribution is 5.93. The van der Waals surface area contributed by atoms with Crippen LogP contribution in [0.15, 0.2) is 48.5 Å². The highest BCUT2D eigenvalue weighted by Crippen LogP contribution is 2.26. The average Bonchev–Trinajstić information content (AvgIpc) is 2.62. The van der Waals surface area contributed by atoms with Crippen LogP contribution >= 0.6 is 0 Å². The van der Waals surface area contributed by atoms with Gasteiger partial charge in [0.15, 0.2) is 0 Å². The van der Waals surface area contributed by atoms with Gasteiger partial charge in [-0.2, -0.15) is 0 Å². The molecule has 0 saturated carbocycles. The Bertz CT molecular complexity index is 688. The molecule has 0 bridgehead atoms. The standard InChI is InChI=1S/C19H22N2O3/c22-13-18(14-4-2-1-3-5-14)20-10-11-24-16-7-8-17-15(12-16)6-9-19(23)21-17/h1-5,7-8,12,18,20,22H,6,9-11,13H2,(H,21,23). The lowest BCUT2D eigenvalue weighted by atomic mass is 10.0. The number of aliphatic hydroxyl groups excluding tert-OH is 1. The monoisotopic (exact) mass is 326 g/mol. The van der Waals surface area contributed by atoms with E-state index in [9.17, 15) is 9.90 Å². The van der Waals surface area contributed by atoms with E-state index in [0.29, 0.717) is 19.6 Å². The van der Waals surface area contributed by atoms with Crippen LogP contribution in [0.2, 0.25) is 0 Å². The zero-order valence-corrected chi connectivity index (χ0v) is 13.5. The van der Waals surface area contributed by atoms with Crippen molar-refractivity contribution in [1.29, 1.82) is 0 Å². The molecule has 0 spiro atoms. The number of fused-ring (bicyclic) bond motifs is 1. The van der Waals surface area contributed by atoms with E-state index < -0.39 is 0 Å². The third kappa shape index (κ3) is 4.13. The molecule has 1 aliphatic rings. The maximum Gasteiger partial charge on any atom is 0.224 e. The molecule has 2 aromatic carbocycles. The van der Waals surface area contributed by atoms with Crippen LogP contribution in [0.25, 0.3) is 0 Å². The second-order valence-corrected chi connectivity index (χ2v) is 5.82. The summed E-state index contributed by atoms with van der Waals surface area (Å²) < 4.78 is 5.77. The zero-order chi connectivity index (χ0) is 16.8. The molecule has 24 heavy (non-hydrogen) atoms. The fraction of sp³-hybridized carbons (Fsp3) is 0.316. The van der Waals surface area contributed by atoms with Gasteiger partial charge < -0.3 is 20.5 Å². The first kappa shape index (κ1) is 16.5. The second kappa shape index (κ2) is 7.95. The van der Waals surface area contributed by atoms with Crippen molar-refractivity contribution in [3.8, 4) is 5.75 Å². The molecule has 0 fully saturated rings. The van der Waals surface area contributed by atoms with Gasteiger partial charge in [-0.3, -0.25) is 4.79 Å². The van der Waals surface area contributed by atoms with Gasteiger partial charge in [-0.05, 0) is 35.7 Å². The molecule has 0 saturated heterocycles. The fourth-order valence-corrected chi connectivity index (χ4v) is 2.82. The first-order valence-electron chi connectivity index (χ1n) is 8.21. The highest BCUT2D eigenvalue weighted by atomic mass is 16.5. The lowest BCUT2D eigenvalue weighted by Gasteiger charge is -2.19. The summed E-state index contributed by atoms with van der Waals surface area (Å²) >= 11 is 0. The Labute approximate surface area is 141 Å². The number of hydrogen-bond donors (Lipinski definition) is 3. The predicted molar refractivity (Wildman–Crippen MR) is 93.2 cm³/mol. The van der Waals surface area contributed by atoms with Crippen molar-refractivity contribution in [3.05, 3.63) is 59.7 Å². The van der Waals surface area contributed by atoms with Gasteiger partial charge in [0, 0.05) is 18.7 Å². The van der Waals surface area contributed by atoms with E-state index >= 15 is 0 Å². The largest absolute Gasteiger partial charge is 0.492 e. The van der Waals surface area contributed by atoms with Crippen molar-refractivity contribution < 1.29 is 14.6 Å². The van der Waals surface area contributed by atoms with Gasteiger partial charge in [-0.1, -0.05) is 30.3 Å². The molecule has 0 radical (unpaired) electrons. The van der Waals surface area contributed by atoms with Gasteiger partial charge in [0.05, 0.1) is 12.6 Å². The molecule has 0 aromatic heterocycles. The summed E-state index contributed by atoms with van der Waals surface area (Å²) in [6, 6.07) is 15.5. The molecule has 1 amide bonds. The van der Waals surface area contributed by atoms with Crippen LogP contribution in [0.5, 0.6) is 5.75 Å². The third-order valence-corrected chi connectivity index (χ3v) is 4.12. The first-order chi connectivity index (χ1) is 11.8. The van der Waals surface area contributed by atoms with Crippen LogP contribution in [0.1, 0.15) is 23.6 Å².